The van der Waals surface area contributed by atoms with E-state index >= 15 is 0 Å². The van der Waals surface area contributed by atoms with Crippen molar-refractivity contribution in [3.63, 3.8) is 0 Å². The fourth-order valence-corrected chi connectivity index (χ4v) is 0. The average molecular weight is 85.1 g/mol. The number of hydrogen-bond acceptors (Lipinski definition) is 2. The zero-order chi connectivity index (χ0) is 2.00. The van der Waals surface area contributed by atoms with E-state index in [2.05, 4.69) is 13.2 Å². The molecule has 0 aliphatic heterocycles. The predicted molar refractivity (Wildman–Crippen MR) is 21.3 cm³/mol. The average Bonchev–Trinajstić information content (AvgIpc) is 1.00. The van der Waals surface area contributed by atoms with E-state index in [1.54, 1.807) is 0 Å². The summed E-state index contributed by atoms with van der Waals surface area (Å²) in [5.74, 6) is 0. The van der Waals surface area contributed by atoms with Crippen LogP contribution in [0.4, 0.5) is 0 Å². The Bertz CT molecular complexity index is 7.61. The Morgan fingerprint density at radius 2 is 0.800 bits per heavy atom. The molecule has 6 N–H and O–H groups in total. The van der Waals surface area contributed by atoms with E-state index in [4.69, 9.17) is 0 Å². The number of rotatable bonds is 0. The third-order valence-electron chi connectivity index (χ3n) is 0. The first-order valence-electron chi connectivity index (χ1n) is 0.500. The zero-order valence-corrected chi connectivity index (χ0v) is 5.83. The van der Waals surface area contributed by atoms with Crippen molar-refractivity contribution < 1.29 is 29.6 Å². The molecule has 0 aromatic rings. The molecule has 0 unspecified atom stereocenters. The van der Waals surface area contributed by atoms with Crippen LogP contribution in [-0.4, -0.2) is 0 Å². The van der Waals surface area contributed by atoms with E-state index in [9.17, 15) is 0 Å². The first-order valence-corrected chi connectivity index (χ1v) is 0.500. The summed E-state index contributed by atoms with van der Waals surface area (Å²) in [5, 5.41) is 0. The second-order valence-corrected chi connectivity index (χ2v) is 0. The third-order valence-corrected chi connectivity index (χ3v) is 0. The van der Waals surface area contributed by atoms with E-state index in [1.807, 2.05) is 0 Å². The van der Waals surface area contributed by atoms with Gasteiger partial charge in [-0.15, -0.1) is 13.2 Å². The first kappa shape index (κ1) is 44.6. The fourth-order valence-electron chi connectivity index (χ4n) is 0. The van der Waals surface area contributed by atoms with Gasteiger partial charge in [0.05, 0.1) is 0 Å². The Morgan fingerprint density at radius 1 is 0.800 bits per heavy atom. The van der Waals surface area contributed by atoms with E-state index in [0.29, 0.717) is 0 Å². The van der Waals surface area contributed by atoms with Crippen LogP contribution in [0.3, 0.4) is 0 Å². The molecule has 0 atom stereocenters. The Balaban J connectivity index is -0.00000000167. The van der Waals surface area contributed by atoms with E-state index < -0.39 is 0 Å². The van der Waals surface area contributed by atoms with Gasteiger partial charge in [-0.2, -0.15) is 0 Å². The van der Waals surface area contributed by atoms with E-state index in [1.165, 1.54) is 0 Å². The number of hydrogen-bond donors (Lipinski definition) is 2. The van der Waals surface area contributed by atoms with Crippen LogP contribution < -0.4 is 41.9 Å². The second kappa shape index (κ2) is 143. The molecular formula is C2H10N2Na+. The smallest absolute Gasteiger partial charge is 0.344 e. The van der Waals surface area contributed by atoms with Crippen molar-refractivity contribution in [2.45, 2.75) is 0 Å². The molecule has 0 amide bonds. The standard InChI is InChI=1S/C2H4.2H3N.Na/c1-2;;;/h1-2H2;2*1H3;/q;;;+1. The van der Waals surface area contributed by atoms with E-state index in [-0.39, 0.29) is 41.9 Å². The molecule has 2 nitrogen and oxygen atoms in total. The minimum Gasteiger partial charge on any atom is -0.344 e. The summed E-state index contributed by atoms with van der Waals surface area (Å²) in [6.45, 7) is 6.00. The van der Waals surface area contributed by atoms with Gasteiger partial charge in [-0.05, 0) is 0 Å². The van der Waals surface area contributed by atoms with Gasteiger partial charge in [0.1, 0.15) is 0 Å². The molecule has 0 aromatic carbocycles. The monoisotopic (exact) mass is 85.1 g/mol. The van der Waals surface area contributed by atoms with Crippen LogP contribution in [0.2, 0.25) is 0 Å². The summed E-state index contributed by atoms with van der Waals surface area (Å²) in [5.41, 5.74) is 0. The Morgan fingerprint density at radius 3 is 0.800 bits per heavy atom. The van der Waals surface area contributed by atoms with Gasteiger partial charge in [-0.1, -0.05) is 0 Å². The van der Waals surface area contributed by atoms with Crippen molar-refractivity contribution in [1.29, 1.82) is 0 Å². The van der Waals surface area contributed by atoms with Gasteiger partial charge in [-0.3, -0.25) is 0 Å². The van der Waals surface area contributed by atoms with E-state index in [0.717, 1.165) is 0 Å². The van der Waals surface area contributed by atoms with Gasteiger partial charge in [0.2, 0.25) is 0 Å². The Hall–Kier alpha value is 0.660. The van der Waals surface area contributed by atoms with Crippen molar-refractivity contribution in [2.75, 3.05) is 0 Å². The summed E-state index contributed by atoms with van der Waals surface area (Å²) in [6, 6.07) is 0. The molecule has 5 heavy (non-hydrogen) atoms. The van der Waals surface area contributed by atoms with Gasteiger partial charge < -0.3 is 12.3 Å². The SMILES string of the molecule is C=C.N.N.[Na+]. The third kappa shape index (κ3) is 75.7. The van der Waals surface area contributed by atoms with Crippen LogP contribution in [0.15, 0.2) is 13.2 Å². The van der Waals surface area contributed by atoms with Crippen LogP contribution in [-0.2, 0) is 0 Å². The van der Waals surface area contributed by atoms with Crippen LogP contribution in [0.1, 0.15) is 0 Å². The molecule has 0 rings (SSSR count). The van der Waals surface area contributed by atoms with Crippen molar-refractivity contribution in [3.8, 4) is 0 Å². The normalized spacial score (nSPS) is 0.800. The van der Waals surface area contributed by atoms with Crippen molar-refractivity contribution >= 4 is 0 Å². The first-order chi connectivity index (χ1) is 1.00. The largest absolute Gasteiger partial charge is 1.00 e. The van der Waals surface area contributed by atoms with Gasteiger partial charge in [0, 0.05) is 0 Å². The minimum absolute atomic E-state index is 0. The Labute approximate surface area is 55.1 Å². The molecule has 0 saturated heterocycles. The summed E-state index contributed by atoms with van der Waals surface area (Å²) < 4.78 is 0. The molecule has 0 aliphatic carbocycles. The van der Waals surface area contributed by atoms with Crippen molar-refractivity contribution in [2.24, 2.45) is 0 Å². The molecule has 0 spiro atoms. The van der Waals surface area contributed by atoms with Crippen LogP contribution in [0.5, 0.6) is 0 Å². The maximum atomic E-state index is 3.00. The molecule has 0 radical (unpaired) electrons. The summed E-state index contributed by atoms with van der Waals surface area (Å²) >= 11 is 0. The maximum Gasteiger partial charge on any atom is 1.00 e. The molecule has 3 heteroatoms. The van der Waals surface area contributed by atoms with Crippen LogP contribution >= 0.6 is 0 Å². The van der Waals surface area contributed by atoms with Gasteiger partial charge in [-0.25, -0.2) is 0 Å². The molecule has 28 valence electrons. The minimum atomic E-state index is 0. The molecule has 0 bridgehead atoms. The molecule has 0 aromatic heterocycles. The van der Waals surface area contributed by atoms with Crippen molar-refractivity contribution in [3.05, 3.63) is 13.2 Å². The van der Waals surface area contributed by atoms with Gasteiger partial charge in [0.25, 0.3) is 0 Å². The fraction of sp³-hybridized carbons (Fsp3) is 0. The molecule has 0 saturated carbocycles. The molecular weight excluding hydrogens is 75.0 g/mol. The molecule has 0 aliphatic rings. The van der Waals surface area contributed by atoms with Crippen molar-refractivity contribution in [1.82, 2.24) is 12.3 Å². The Kier molecular flexibility index (Phi) is 1280. The quantitative estimate of drug-likeness (QED) is 0.267. The topological polar surface area (TPSA) is 70.0 Å². The predicted octanol–water partition coefficient (Wildman–Crippen LogP) is -1.87. The molecule has 0 fully saturated rings. The van der Waals surface area contributed by atoms with Crippen LogP contribution in [0.25, 0.3) is 0 Å². The summed E-state index contributed by atoms with van der Waals surface area (Å²) in [6.07, 6.45) is 0. The van der Waals surface area contributed by atoms with Crippen LogP contribution in [0, 0.1) is 0 Å². The zero-order valence-electron chi connectivity index (χ0n) is 3.83. The second-order valence-electron chi connectivity index (χ2n) is 0. The van der Waals surface area contributed by atoms with Gasteiger partial charge >= 0.3 is 29.6 Å². The molecule has 0 heterocycles. The summed E-state index contributed by atoms with van der Waals surface area (Å²) in [4.78, 5) is 0. The van der Waals surface area contributed by atoms with Gasteiger partial charge in [0.15, 0.2) is 0 Å². The summed E-state index contributed by atoms with van der Waals surface area (Å²) in [7, 11) is 0. The maximum absolute atomic E-state index is 3.00.